The van der Waals surface area contributed by atoms with Crippen molar-refractivity contribution in [3.63, 3.8) is 0 Å². The summed E-state index contributed by atoms with van der Waals surface area (Å²) in [6, 6.07) is 3.57. The van der Waals surface area contributed by atoms with Gasteiger partial charge in [0.1, 0.15) is 0 Å². The van der Waals surface area contributed by atoms with E-state index in [-0.39, 0.29) is 17.7 Å². The summed E-state index contributed by atoms with van der Waals surface area (Å²) in [5.74, 6) is 0.122. The molecule has 1 saturated heterocycles. The van der Waals surface area contributed by atoms with Gasteiger partial charge in [-0.2, -0.15) is 0 Å². The average Bonchev–Trinajstić information content (AvgIpc) is 2.98. The number of hydrogen-bond acceptors (Lipinski definition) is 4. The zero-order chi connectivity index (χ0) is 12.3. The van der Waals surface area contributed by atoms with Gasteiger partial charge in [-0.1, -0.05) is 6.07 Å². The molecule has 1 aromatic rings. The van der Waals surface area contributed by atoms with Crippen LogP contribution in [0.25, 0.3) is 0 Å². The van der Waals surface area contributed by atoms with E-state index in [0.29, 0.717) is 6.54 Å². The third-order valence-corrected chi connectivity index (χ3v) is 3.97. The molecule has 1 aromatic heterocycles. The summed E-state index contributed by atoms with van der Waals surface area (Å²) in [7, 11) is 1.64. The number of Topliss-reactive ketones (excluding diaryl/α,β-unsaturated/α-hetero) is 1. The molecule has 1 aliphatic heterocycles. The highest BCUT2D eigenvalue weighted by Crippen LogP contribution is 2.19. The zero-order valence-electron chi connectivity index (χ0n) is 9.81. The monoisotopic (exact) mass is 252 g/mol. The first kappa shape index (κ1) is 12.3. The number of amides is 1. The first-order chi connectivity index (χ1) is 8.22. The van der Waals surface area contributed by atoms with Crippen molar-refractivity contribution in [2.75, 3.05) is 20.1 Å². The molecule has 0 aliphatic carbocycles. The lowest BCUT2D eigenvalue weighted by Gasteiger charge is -2.21. The highest BCUT2D eigenvalue weighted by Gasteiger charge is 2.31. The SMILES string of the molecule is CNC(=O)C1CCCN1CC(=O)c1cccs1. The summed E-state index contributed by atoms with van der Waals surface area (Å²) in [6.07, 6.45) is 1.83. The number of nitrogens with one attached hydrogen (secondary N) is 1. The van der Waals surface area contributed by atoms with Gasteiger partial charge in [0, 0.05) is 7.05 Å². The van der Waals surface area contributed by atoms with E-state index in [2.05, 4.69) is 5.32 Å². The average molecular weight is 252 g/mol. The highest BCUT2D eigenvalue weighted by atomic mass is 32.1. The topological polar surface area (TPSA) is 49.4 Å². The zero-order valence-corrected chi connectivity index (χ0v) is 10.6. The van der Waals surface area contributed by atoms with Crippen LogP contribution in [0.15, 0.2) is 17.5 Å². The fraction of sp³-hybridized carbons (Fsp3) is 0.500. The molecule has 1 fully saturated rings. The molecule has 2 rings (SSSR count). The maximum absolute atomic E-state index is 12.0. The van der Waals surface area contributed by atoms with Gasteiger partial charge >= 0.3 is 0 Å². The van der Waals surface area contributed by atoms with E-state index in [1.54, 1.807) is 7.05 Å². The number of likely N-dealkylation sites (N-methyl/N-ethyl adjacent to an activating group) is 1. The van der Waals surface area contributed by atoms with E-state index in [0.717, 1.165) is 24.3 Å². The number of rotatable bonds is 4. The summed E-state index contributed by atoms with van der Waals surface area (Å²) in [5, 5.41) is 4.55. The number of thiophene rings is 1. The lowest BCUT2D eigenvalue weighted by Crippen LogP contribution is -2.43. The first-order valence-corrected chi connectivity index (χ1v) is 6.62. The highest BCUT2D eigenvalue weighted by molar-refractivity contribution is 7.12. The standard InChI is InChI=1S/C12H16N2O2S/c1-13-12(16)9-4-2-6-14(9)8-10(15)11-5-3-7-17-11/h3,5,7,9H,2,4,6,8H2,1H3,(H,13,16). The smallest absolute Gasteiger partial charge is 0.237 e. The molecule has 0 radical (unpaired) electrons. The second-order valence-electron chi connectivity index (χ2n) is 4.14. The predicted octanol–water partition coefficient (Wildman–Crippen LogP) is 1.14. The van der Waals surface area contributed by atoms with Gasteiger partial charge in [0.2, 0.25) is 5.91 Å². The molecule has 92 valence electrons. The number of ketones is 1. The van der Waals surface area contributed by atoms with Gasteiger partial charge < -0.3 is 5.32 Å². The van der Waals surface area contributed by atoms with Crippen molar-refractivity contribution in [3.05, 3.63) is 22.4 Å². The van der Waals surface area contributed by atoms with Crippen LogP contribution in [0.2, 0.25) is 0 Å². The van der Waals surface area contributed by atoms with Gasteiger partial charge in [-0.25, -0.2) is 0 Å². The lowest BCUT2D eigenvalue weighted by atomic mass is 10.2. The van der Waals surface area contributed by atoms with Crippen LogP contribution >= 0.6 is 11.3 Å². The Labute approximate surface area is 105 Å². The van der Waals surface area contributed by atoms with E-state index in [9.17, 15) is 9.59 Å². The molecule has 0 bridgehead atoms. The van der Waals surface area contributed by atoms with Crippen LogP contribution in [0.3, 0.4) is 0 Å². The Balaban J connectivity index is 1.98. The van der Waals surface area contributed by atoms with Crippen LogP contribution in [0.5, 0.6) is 0 Å². The molecule has 5 heteroatoms. The maximum atomic E-state index is 12.0. The van der Waals surface area contributed by atoms with Gasteiger partial charge in [0.05, 0.1) is 17.5 Å². The van der Waals surface area contributed by atoms with Crippen LogP contribution in [0.1, 0.15) is 22.5 Å². The van der Waals surface area contributed by atoms with Crippen LogP contribution in [0, 0.1) is 0 Å². The molecular formula is C12H16N2O2S. The Hall–Kier alpha value is -1.20. The van der Waals surface area contributed by atoms with Crippen molar-refractivity contribution < 1.29 is 9.59 Å². The van der Waals surface area contributed by atoms with Crippen molar-refractivity contribution >= 4 is 23.0 Å². The normalized spacial score (nSPS) is 20.4. The Morgan fingerprint density at radius 1 is 1.59 bits per heavy atom. The fourth-order valence-corrected chi connectivity index (χ4v) is 2.84. The molecular weight excluding hydrogens is 236 g/mol. The van der Waals surface area contributed by atoms with Crippen LogP contribution < -0.4 is 5.32 Å². The minimum absolute atomic E-state index is 0.0153. The Bertz CT molecular complexity index is 403. The summed E-state index contributed by atoms with van der Waals surface area (Å²) in [6.45, 7) is 1.17. The third-order valence-electron chi connectivity index (χ3n) is 3.06. The Kier molecular flexibility index (Phi) is 3.91. The summed E-state index contributed by atoms with van der Waals surface area (Å²) >= 11 is 1.45. The van der Waals surface area contributed by atoms with Crippen molar-refractivity contribution in [1.29, 1.82) is 0 Å². The van der Waals surface area contributed by atoms with E-state index >= 15 is 0 Å². The molecule has 0 spiro atoms. The van der Waals surface area contributed by atoms with Gasteiger partial charge in [-0.3, -0.25) is 14.5 Å². The van der Waals surface area contributed by atoms with E-state index in [1.807, 2.05) is 22.4 Å². The first-order valence-electron chi connectivity index (χ1n) is 5.74. The number of carbonyl (C=O) groups excluding carboxylic acids is 2. The Morgan fingerprint density at radius 2 is 2.41 bits per heavy atom. The fourth-order valence-electron chi connectivity index (χ4n) is 2.18. The van der Waals surface area contributed by atoms with E-state index < -0.39 is 0 Å². The van der Waals surface area contributed by atoms with Crippen molar-refractivity contribution in [3.8, 4) is 0 Å². The van der Waals surface area contributed by atoms with Crippen molar-refractivity contribution in [1.82, 2.24) is 10.2 Å². The van der Waals surface area contributed by atoms with E-state index in [4.69, 9.17) is 0 Å². The molecule has 1 unspecified atom stereocenters. The second kappa shape index (κ2) is 5.42. The van der Waals surface area contributed by atoms with Crippen molar-refractivity contribution in [2.24, 2.45) is 0 Å². The molecule has 1 N–H and O–H groups in total. The minimum atomic E-state index is -0.135. The summed E-state index contributed by atoms with van der Waals surface area (Å²) < 4.78 is 0. The molecule has 1 amide bonds. The van der Waals surface area contributed by atoms with Gasteiger partial charge in [-0.05, 0) is 30.8 Å². The number of likely N-dealkylation sites (tertiary alicyclic amines) is 1. The summed E-state index contributed by atoms with van der Waals surface area (Å²) in [5.41, 5.74) is 0. The van der Waals surface area contributed by atoms with E-state index in [1.165, 1.54) is 11.3 Å². The number of carbonyl (C=O) groups is 2. The molecule has 1 aliphatic rings. The molecule has 2 heterocycles. The Morgan fingerprint density at radius 3 is 3.06 bits per heavy atom. The molecule has 1 atom stereocenters. The van der Waals surface area contributed by atoms with Crippen LogP contribution in [-0.4, -0.2) is 42.8 Å². The lowest BCUT2D eigenvalue weighted by molar-refractivity contribution is -0.124. The largest absolute Gasteiger partial charge is 0.358 e. The van der Waals surface area contributed by atoms with Gasteiger partial charge in [-0.15, -0.1) is 11.3 Å². The maximum Gasteiger partial charge on any atom is 0.237 e. The minimum Gasteiger partial charge on any atom is -0.358 e. The third kappa shape index (κ3) is 2.73. The summed E-state index contributed by atoms with van der Waals surface area (Å²) in [4.78, 5) is 26.3. The second-order valence-corrected chi connectivity index (χ2v) is 5.09. The van der Waals surface area contributed by atoms with Crippen molar-refractivity contribution in [2.45, 2.75) is 18.9 Å². The quantitative estimate of drug-likeness (QED) is 0.818. The van der Waals surface area contributed by atoms with Crippen LogP contribution in [0.4, 0.5) is 0 Å². The molecule has 17 heavy (non-hydrogen) atoms. The molecule has 4 nitrogen and oxygen atoms in total. The predicted molar refractivity (Wildman–Crippen MR) is 67.3 cm³/mol. The van der Waals surface area contributed by atoms with Gasteiger partial charge in [0.15, 0.2) is 5.78 Å². The number of nitrogens with zero attached hydrogens (tertiary/aromatic N) is 1. The van der Waals surface area contributed by atoms with Gasteiger partial charge in [0.25, 0.3) is 0 Å². The molecule has 0 aromatic carbocycles. The van der Waals surface area contributed by atoms with Crippen LogP contribution in [-0.2, 0) is 4.79 Å². The number of hydrogen-bond donors (Lipinski definition) is 1. The molecule has 0 saturated carbocycles.